The molecule has 1 heterocycles. The molecule has 0 amide bonds. The van der Waals surface area contributed by atoms with E-state index >= 15 is 0 Å². The summed E-state index contributed by atoms with van der Waals surface area (Å²) in [6.07, 6.45) is 0. The number of para-hydroxylation sites is 1. The van der Waals surface area contributed by atoms with Crippen LogP contribution in [0.5, 0.6) is 0 Å². The zero-order chi connectivity index (χ0) is 13.4. The molecule has 4 heteroatoms. The van der Waals surface area contributed by atoms with E-state index in [0.29, 0.717) is 6.54 Å². The molecule has 0 spiro atoms. The molecule has 0 aliphatic carbocycles. The van der Waals surface area contributed by atoms with E-state index in [-0.39, 0.29) is 0 Å². The predicted octanol–water partition coefficient (Wildman–Crippen LogP) is 4.71. The first-order valence-corrected chi connectivity index (χ1v) is 6.87. The van der Waals surface area contributed by atoms with Crippen molar-refractivity contribution in [3.8, 4) is 0 Å². The van der Waals surface area contributed by atoms with Crippen LogP contribution in [0.3, 0.4) is 0 Å². The second-order valence-corrected chi connectivity index (χ2v) is 5.37. The van der Waals surface area contributed by atoms with Gasteiger partial charge in [-0.05, 0) is 42.4 Å². The molecular weight excluding hydrogens is 276 g/mol. The van der Waals surface area contributed by atoms with Gasteiger partial charge in [0, 0.05) is 5.02 Å². The van der Waals surface area contributed by atoms with Gasteiger partial charge >= 0.3 is 0 Å². The Hall–Kier alpha value is -1.58. The van der Waals surface area contributed by atoms with Crippen molar-refractivity contribution >= 4 is 34.9 Å². The summed E-state index contributed by atoms with van der Waals surface area (Å²) < 4.78 is 2.81. The van der Waals surface area contributed by atoms with Crippen LogP contribution in [-0.4, -0.2) is 9.55 Å². The number of rotatable bonds is 2. The summed E-state index contributed by atoms with van der Waals surface area (Å²) in [5.74, 6) is 0. The summed E-state index contributed by atoms with van der Waals surface area (Å²) in [6.45, 7) is 2.76. The minimum absolute atomic E-state index is 0.682. The van der Waals surface area contributed by atoms with Gasteiger partial charge in [0.25, 0.3) is 0 Å². The van der Waals surface area contributed by atoms with Crippen LogP contribution in [0.4, 0.5) is 0 Å². The second kappa shape index (κ2) is 4.83. The van der Waals surface area contributed by atoms with Crippen molar-refractivity contribution in [2.24, 2.45) is 0 Å². The average Bonchev–Trinajstić information content (AvgIpc) is 2.71. The van der Waals surface area contributed by atoms with Crippen LogP contribution in [0.25, 0.3) is 11.0 Å². The maximum absolute atomic E-state index is 6.22. The summed E-state index contributed by atoms with van der Waals surface area (Å²) in [4.78, 5) is 3.27. The number of halogens is 1. The summed E-state index contributed by atoms with van der Waals surface area (Å²) in [6, 6.07) is 14.1. The van der Waals surface area contributed by atoms with E-state index in [1.807, 2.05) is 30.3 Å². The molecule has 1 N–H and O–H groups in total. The minimum Gasteiger partial charge on any atom is -0.330 e. The van der Waals surface area contributed by atoms with Crippen molar-refractivity contribution in [1.82, 2.24) is 9.55 Å². The highest BCUT2D eigenvalue weighted by Gasteiger charge is 2.08. The Kier molecular flexibility index (Phi) is 3.17. The van der Waals surface area contributed by atoms with Gasteiger partial charge in [-0.15, -0.1) is 0 Å². The van der Waals surface area contributed by atoms with Gasteiger partial charge in [-0.3, -0.25) is 0 Å². The van der Waals surface area contributed by atoms with Crippen LogP contribution in [0, 0.1) is 11.7 Å². The van der Waals surface area contributed by atoms with Gasteiger partial charge in [0.05, 0.1) is 17.6 Å². The van der Waals surface area contributed by atoms with Crippen molar-refractivity contribution in [3.05, 3.63) is 63.4 Å². The van der Waals surface area contributed by atoms with E-state index in [9.17, 15) is 0 Å². The van der Waals surface area contributed by atoms with Gasteiger partial charge in [-0.25, -0.2) is 0 Å². The molecule has 2 nitrogen and oxygen atoms in total. The van der Waals surface area contributed by atoms with E-state index < -0.39 is 0 Å². The highest BCUT2D eigenvalue weighted by Crippen LogP contribution is 2.22. The quantitative estimate of drug-likeness (QED) is 0.677. The lowest BCUT2D eigenvalue weighted by atomic mass is 10.2. The second-order valence-electron chi connectivity index (χ2n) is 4.58. The number of hydrogen-bond donors (Lipinski definition) is 1. The number of hydrogen-bond acceptors (Lipinski definition) is 1. The molecule has 0 aliphatic rings. The van der Waals surface area contributed by atoms with Crippen LogP contribution in [-0.2, 0) is 6.54 Å². The third-order valence-electron chi connectivity index (χ3n) is 3.30. The van der Waals surface area contributed by atoms with Crippen molar-refractivity contribution < 1.29 is 0 Å². The third kappa shape index (κ3) is 2.20. The van der Waals surface area contributed by atoms with Crippen LogP contribution in [0.15, 0.2) is 42.5 Å². The molecule has 3 rings (SSSR count). The predicted molar refractivity (Wildman–Crippen MR) is 82.4 cm³/mol. The first-order valence-electron chi connectivity index (χ1n) is 6.08. The number of fused-ring (bicyclic) bond motifs is 1. The third-order valence-corrected chi connectivity index (χ3v) is 4.00. The lowest BCUT2D eigenvalue weighted by molar-refractivity contribution is 0.811. The Morgan fingerprint density at radius 1 is 1.16 bits per heavy atom. The first-order chi connectivity index (χ1) is 9.16. The molecule has 2 aromatic carbocycles. The largest absolute Gasteiger partial charge is 0.330 e. The number of imidazole rings is 1. The standard InChI is InChI=1S/C15H13ClN2S/c1-10-5-4-8-13-14(10)17-15(19)18(13)9-11-6-2-3-7-12(11)16/h2-8H,9H2,1H3,(H,17,19). The number of aryl methyl sites for hydroxylation is 1. The lowest BCUT2D eigenvalue weighted by Crippen LogP contribution is -2.00. The van der Waals surface area contributed by atoms with Gasteiger partial charge in [0.2, 0.25) is 0 Å². The Balaban J connectivity index is 2.16. The zero-order valence-electron chi connectivity index (χ0n) is 10.5. The molecule has 0 unspecified atom stereocenters. The summed E-state index contributed by atoms with van der Waals surface area (Å²) >= 11 is 11.6. The molecule has 0 bridgehead atoms. The topological polar surface area (TPSA) is 20.7 Å². The van der Waals surface area contributed by atoms with Gasteiger partial charge in [0.1, 0.15) is 0 Å². The molecule has 0 atom stereocenters. The normalized spacial score (nSPS) is 11.1. The molecular formula is C15H13ClN2S. The number of aromatic amines is 1. The number of benzene rings is 2. The molecule has 1 aromatic heterocycles. The van der Waals surface area contributed by atoms with Crippen LogP contribution < -0.4 is 0 Å². The van der Waals surface area contributed by atoms with E-state index in [1.54, 1.807) is 0 Å². The Labute approximate surface area is 121 Å². The van der Waals surface area contributed by atoms with Gasteiger partial charge < -0.3 is 9.55 Å². The Morgan fingerprint density at radius 3 is 2.74 bits per heavy atom. The maximum Gasteiger partial charge on any atom is 0.178 e. The number of nitrogens with one attached hydrogen (secondary N) is 1. The maximum atomic E-state index is 6.22. The molecule has 0 aliphatic heterocycles. The van der Waals surface area contributed by atoms with Crippen molar-refractivity contribution in [2.45, 2.75) is 13.5 Å². The van der Waals surface area contributed by atoms with Gasteiger partial charge in [0.15, 0.2) is 4.77 Å². The molecule has 19 heavy (non-hydrogen) atoms. The highest BCUT2D eigenvalue weighted by molar-refractivity contribution is 7.71. The van der Waals surface area contributed by atoms with E-state index in [0.717, 1.165) is 26.4 Å². The smallest absolute Gasteiger partial charge is 0.178 e. The first kappa shape index (κ1) is 12.5. The molecule has 0 saturated carbocycles. The van der Waals surface area contributed by atoms with Crippen LogP contribution in [0.1, 0.15) is 11.1 Å². The number of nitrogens with zero attached hydrogens (tertiary/aromatic N) is 1. The lowest BCUT2D eigenvalue weighted by Gasteiger charge is -2.07. The van der Waals surface area contributed by atoms with E-state index in [4.69, 9.17) is 23.8 Å². The monoisotopic (exact) mass is 288 g/mol. The molecule has 96 valence electrons. The fraction of sp³-hybridized carbons (Fsp3) is 0.133. The molecule has 0 saturated heterocycles. The Morgan fingerprint density at radius 2 is 1.95 bits per heavy atom. The fourth-order valence-electron chi connectivity index (χ4n) is 2.28. The zero-order valence-corrected chi connectivity index (χ0v) is 12.1. The molecule has 0 fully saturated rings. The van der Waals surface area contributed by atoms with Crippen molar-refractivity contribution in [2.75, 3.05) is 0 Å². The number of aromatic nitrogens is 2. The molecule has 3 aromatic rings. The summed E-state index contributed by atoms with van der Waals surface area (Å²) in [5.41, 5.74) is 4.48. The summed E-state index contributed by atoms with van der Waals surface area (Å²) in [5, 5.41) is 0.770. The minimum atomic E-state index is 0.682. The Bertz CT molecular complexity index is 801. The van der Waals surface area contributed by atoms with E-state index in [1.165, 1.54) is 5.56 Å². The van der Waals surface area contributed by atoms with E-state index in [2.05, 4.69) is 28.6 Å². The SMILES string of the molecule is Cc1cccc2c1[nH]c(=S)n2Cc1ccccc1Cl. The van der Waals surface area contributed by atoms with Gasteiger partial charge in [-0.1, -0.05) is 41.9 Å². The van der Waals surface area contributed by atoms with Crippen LogP contribution in [0.2, 0.25) is 5.02 Å². The molecule has 0 radical (unpaired) electrons. The summed E-state index contributed by atoms with van der Waals surface area (Å²) in [7, 11) is 0. The fourth-order valence-corrected chi connectivity index (χ4v) is 2.74. The van der Waals surface area contributed by atoms with Gasteiger partial charge in [-0.2, -0.15) is 0 Å². The van der Waals surface area contributed by atoms with Crippen molar-refractivity contribution in [3.63, 3.8) is 0 Å². The van der Waals surface area contributed by atoms with Crippen LogP contribution >= 0.6 is 23.8 Å². The van der Waals surface area contributed by atoms with Crippen molar-refractivity contribution in [1.29, 1.82) is 0 Å². The number of H-pyrrole nitrogens is 1. The average molecular weight is 289 g/mol. The highest BCUT2D eigenvalue weighted by atomic mass is 35.5.